The van der Waals surface area contributed by atoms with Crippen molar-refractivity contribution in [1.82, 2.24) is 0 Å². The third-order valence-corrected chi connectivity index (χ3v) is 3.22. The molecule has 0 aliphatic heterocycles. The molecule has 0 heterocycles. The summed E-state index contributed by atoms with van der Waals surface area (Å²) in [5.41, 5.74) is -0.401. The quantitative estimate of drug-likeness (QED) is 0.201. The van der Waals surface area contributed by atoms with E-state index in [1.807, 2.05) is 0 Å². The van der Waals surface area contributed by atoms with Gasteiger partial charge in [0.15, 0.2) is 17.8 Å². The summed E-state index contributed by atoms with van der Waals surface area (Å²) in [5, 5.41) is 11.0. The molecule has 0 aromatic heterocycles. The topological polar surface area (TPSA) is 105 Å². The van der Waals surface area contributed by atoms with Crippen LogP contribution in [0.4, 0.5) is 5.69 Å². The average Bonchev–Trinajstić information content (AvgIpc) is 2.57. The number of hydrogen-bond acceptors (Lipinski definition) is 7. The molecule has 0 atom stereocenters. The summed E-state index contributed by atoms with van der Waals surface area (Å²) in [6, 6.07) is 2.46. The van der Waals surface area contributed by atoms with Crippen molar-refractivity contribution in [2.75, 3.05) is 20.3 Å². The van der Waals surface area contributed by atoms with Gasteiger partial charge < -0.3 is 14.2 Å². The highest BCUT2D eigenvalue weighted by molar-refractivity contribution is 5.83. The number of methoxy groups -OCH3 is 1. The van der Waals surface area contributed by atoms with Crippen molar-refractivity contribution < 1.29 is 28.7 Å². The third kappa shape index (κ3) is 5.86. The summed E-state index contributed by atoms with van der Waals surface area (Å²) in [6.45, 7) is 2.45. The van der Waals surface area contributed by atoms with Crippen LogP contribution < -0.4 is 9.47 Å². The minimum absolute atomic E-state index is 0.0707. The van der Waals surface area contributed by atoms with Crippen molar-refractivity contribution in [3.8, 4) is 11.5 Å². The number of carbonyl (C=O) groups is 2. The summed E-state index contributed by atoms with van der Waals surface area (Å²) in [5.74, 6) is 0.245. The predicted octanol–water partition coefficient (Wildman–Crippen LogP) is 2.92. The van der Waals surface area contributed by atoms with Crippen LogP contribution >= 0.6 is 0 Å². The lowest BCUT2D eigenvalue weighted by Crippen LogP contribution is -2.05. The smallest absolute Gasteiger partial charge is 0.305 e. The highest BCUT2D eigenvalue weighted by Gasteiger charge is 2.19. The second-order valence-corrected chi connectivity index (χ2v) is 4.90. The van der Waals surface area contributed by atoms with Crippen LogP contribution in [0.5, 0.6) is 11.5 Å². The van der Waals surface area contributed by atoms with E-state index in [-0.39, 0.29) is 28.7 Å². The maximum Gasteiger partial charge on any atom is 0.305 e. The number of esters is 1. The molecule has 0 radical (unpaired) electrons. The summed E-state index contributed by atoms with van der Waals surface area (Å²) < 4.78 is 15.4. The molecule has 1 aromatic carbocycles. The fourth-order valence-corrected chi connectivity index (χ4v) is 2.05. The monoisotopic (exact) mass is 339 g/mol. The van der Waals surface area contributed by atoms with Gasteiger partial charge in [-0.1, -0.05) is 0 Å². The van der Waals surface area contributed by atoms with E-state index in [1.54, 1.807) is 6.92 Å². The molecule has 8 heteroatoms. The van der Waals surface area contributed by atoms with Crippen LogP contribution in [0.15, 0.2) is 12.1 Å². The zero-order chi connectivity index (χ0) is 17.9. The van der Waals surface area contributed by atoms with E-state index in [0.29, 0.717) is 38.8 Å². The van der Waals surface area contributed by atoms with Crippen LogP contribution in [-0.2, 0) is 9.53 Å². The zero-order valence-electron chi connectivity index (χ0n) is 13.8. The van der Waals surface area contributed by atoms with Crippen LogP contribution in [0.2, 0.25) is 0 Å². The molecule has 0 spiro atoms. The highest BCUT2D eigenvalue weighted by Crippen LogP contribution is 2.34. The summed E-state index contributed by atoms with van der Waals surface area (Å²) in [6.07, 6.45) is 2.88. The van der Waals surface area contributed by atoms with Gasteiger partial charge in [0.05, 0.1) is 36.9 Å². The standard InChI is InChI=1S/C16H21NO7/c1-3-23-16(19)7-5-4-6-8-24-15-10-13(17(20)21)12(11-18)9-14(15)22-2/h9-11H,3-8H2,1-2H3. The molecule has 0 amide bonds. The lowest BCUT2D eigenvalue weighted by molar-refractivity contribution is -0.385. The van der Waals surface area contributed by atoms with Gasteiger partial charge in [0.1, 0.15) is 0 Å². The number of aldehydes is 1. The van der Waals surface area contributed by atoms with Gasteiger partial charge in [-0.05, 0) is 26.2 Å². The van der Waals surface area contributed by atoms with Gasteiger partial charge in [0.25, 0.3) is 5.69 Å². The van der Waals surface area contributed by atoms with E-state index in [4.69, 9.17) is 14.2 Å². The van der Waals surface area contributed by atoms with E-state index in [9.17, 15) is 19.7 Å². The number of nitrogens with zero attached hydrogens (tertiary/aromatic N) is 1. The SMILES string of the molecule is CCOC(=O)CCCCCOc1cc([N+](=O)[O-])c(C=O)cc1OC. The van der Waals surface area contributed by atoms with Gasteiger partial charge in [-0.25, -0.2) is 0 Å². The zero-order valence-corrected chi connectivity index (χ0v) is 13.8. The first-order valence-electron chi connectivity index (χ1n) is 7.63. The molecule has 1 aromatic rings. The van der Waals surface area contributed by atoms with Crippen molar-refractivity contribution in [3.63, 3.8) is 0 Å². The Balaban J connectivity index is 2.55. The lowest BCUT2D eigenvalue weighted by atomic mass is 10.1. The maximum absolute atomic E-state index is 11.2. The Morgan fingerprint density at radius 3 is 2.58 bits per heavy atom. The fraction of sp³-hybridized carbons (Fsp3) is 0.500. The molecule has 0 bridgehead atoms. The molecule has 0 N–H and O–H groups in total. The average molecular weight is 339 g/mol. The van der Waals surface area contributed by atoms with Crippen LogP contribution in [0.25, 0.3) is 0 Å². The van der Waals surface area contributed by atoms with E-state index in [0.717, 1.165) is 6.42 Å². The van der Waals surface area contributed by atoms with Crippen molar-refractivity contribution in [2.45, 2.75) is 32.6 Å². The molecule has 1 rings (SSSR count). The van der Waals surface area contributed by atoms with Gasteiger partial charge in [-0.2, -0.15) is 0 Å². The highest BCUT2D eigenvalue weighted by atomic mass is 16.6. The first-order valence-corrected chi connectivity index (χ1v) is 7.63. The Kier molecular flexibility index (Phi) is 8.24. The first-order chi connectivity index (χ1) is 11.5. The van der Waals surface area contributed by atoms with E-state index >= 15 is 0 Å². The van der Waals surface area contributed by atoms with Gasteiger partial charge in [0.2, 0.25) is 0 Å². The van der Waals surface area contributed by atoms with E-state index in [2.05, 4.69) is 0 Å². The third-order valence-electron chi connectivity index (χ3n) is 3.22. The molecule has 24 heavy (non-hydrogen) atoms. The number of ether oxygens (including phenoxy) is 3. The van der Waals surface area contributed by atoms with Crippen molar-refractivity contribution in [2.24, 2.45) is 0 Å². The summed E-state index contributed by atoms with van der Waals surface area (Å²) >= 11 is 0. The molecule has 132 valence electrons. The van der Waals surface area contributed by atoms with E-state index in [1.165, 1.54) is 19.2 Å². The summed E-state index contributed by atoms with van der Waals surface area (Å²) in [7, 11) is 1.39. The van der Waals surface area contributed by atoms with Crippen LogP contribution in [0.3, 0.4) is 0 Å². The molecule has 0 unspecified atom stereocenters. The van der Waals surface area contributed by atoms with Gasteiger partial charge in [-0.15, -0.1) is 0 Å². The fourth-order valence-electron chi connectivity index (χ4n) is 2.05. The van der Waals surface area contributed by atoms with Gasteiger partial charge >= 0.3 is 5.97 Å². The lowest BCUT2D eigenvalue weighted by Gasteiger charge is -2.11. The molecule has 0 saturated carbocycles. The molecule has 0 aliphatic carbocycles. The number of nitro groups is 1. The molecule has 0 aliphatic rings. The number of unbranched alkanes of at least 4 members (excludes halogenated alkanes) is 2. The molecular weight excluding hydrogens is 318 g/mol. The van der Waals surface area contributed by atoms with Gasteiger partial charge in [-0.3, -0.25) is 19.7 Å². The van der Waals surface area contributed by atoms with E-state index < -0.39 is 4.92 Å². The number of benzene rings is 1. The number of hydrogen-bond donors (Lipinski definition) is 0. The van der Waals surface area contributed by atoms with Gasteiger partial charge in [0, 0.05) is 12.5 Å². The first kappa shape index (κ1) is 19.4. The Morgan fingerprint density at radius 2 is 2.00 bits per heavy atom. The second kappa shape index (κ2) is 10.2. The Labute approximate surface area is 139 Å². The van der Waals surface area contributed by atoms with Crippen molar-refractivity contribution in [3.05, 3.63) is 27.8 Å². The molecule has 8 nitrogen and oxygen atoms in total. The summed E-state index contributed by atoms with van der Waals surface area (Å²) in [4.78, 5) is 32.4. The van der Waals surface area contributed by atoms with Crippen LogP contribution in [0, 0.1) is 10.1 Å². The van der Waals surface area contributed by atoms with Crippen molar-refractivity contribution >= 4 is 17.9 Å². The Bertz CT molecular complexity index is 586. The van der Waals surface area contributed by atoms with Crippen molar-refractivity contribution in [1.29, 1.82) is 0 Å². The largest absolute Gasteiger partial charge is 0.493 e. The molecule has 0 fully saturated rings. The molecule has 0 saturated heterocycles. The number of rotatable bonds is 11. The second-order valence-electron chi connectivity index (χ2n) is 4.90. The Morgan fingerprint density at radius 1 is 1.25 bits per heavy atom. The Hall–Kier alpha value is -2.64. The minimum atomic E-state index is -0.643. The number of nitro benzene ring substituents is 1. The predicted molar refractivity (Wildman–Crippen MR) is 85.6 cm³/mol. The van der Waals surface area contributed by atoms with Crippen LogP contribution in [0.1, 0.15) is 43.0 Å². The minimum Gasteiger partial charge on any atom is -0.493 e. The number of carbonyl (C=O) groups excluding carboxylic acids is 2. The maximum atomic E-state index is 11.2. The normalized spacial score (nSPS) is 10.1. The molecular formula is C16H21NO7. The van der Waals surface area contributed by atoms with Crippen LogP contribution in [-0.4, -0.2) is 37.5 Å².